The predicted octanol–water partition coefficient (Wildman–Crippen LogP) is 6.04. The lowest BCUT2D eigenvalue weighted by Gasteiger charge is -2.31. The van der Waals surface area contributed by atoms with E-state index in [2.05, 4.69) is 19.2 Å². The Balaban J connectivity index is 1.72. The molecule has 3 aromatic carbocycles. The smallest absolute Gasteiger partial charge is 0.323 e. The average molecular weight is 502 g/mol. The van der Waals surface area contributed by atoms with Gasteiger partial charge in [0, 0.05) is 10.6 Å². The Morgan fingerprint density at radius 3 is 1.89 bits per heavy atom. The Bertz CT molecular complexity index is 1210. The summed E-state index contributed by atoms with van der Waals surface area (Å²) in [5.74, 6) is -0.422. The summed E-state index contributed by atoms with van der Waals surface area (Å²) < 4.78 is 26.7. The molecule has 0 amide bonds. The van der Waals surface area contributed by atoms with Crippen molar-refractivity contribution in [2.75, 3.05) is 0 Å². The van der Waals surface area contributed by atoms with E-state index in [1.807, 2.05) is 91.0 Å². The van der Waals surface area contributed by atoms with Crippen LogP contribution in [0.5, 0.6) is 0 Å². The molecular formula is C30H32NO4P. The first-order valence-electron chi connectivity index (χ1n) is 12.2. The molecule has 1 aromatic heterocycles. The molecule has 4 rings (SSSR count). The highest BCUT2D eigenvalue weighted by molar-refractivity contribution is 7.79. The van der Waals surface area contributed by atoms with E-state index in [4.69, 9.17) is 9.15 Å². The molecule has 0 saturated heterocycles. The van der Waals surface area contributed by atoms with Gasteiger partial charge < -0.3 is 13.7 Å². The van der Waals surface area contributed by atoms with Crippen LogP contribution in [0.1, 0.15) is 37.4 Å². The second-order valence-corrected chi connectivity index (χ2v) is 12.1. The number of hydrogen-bond donors (Lipinski definition) is 1. The fourth-order valence-electron chi connectivity index (χ4n) is 4.28. The fourth-order valence-corrected chi connectivity index (χ4v) is 7.30. The molecule has 2 atom stereocenters. The molecule has 0 radical (unpaired) electrons. The molecule has 0 aliphatic carbocycles. The molecule has 1 heterocycles. The van der Waals surface area contributed by atoms with Crippen molar-refractivity contribution >= 4 is 23.7 Å². The van der Waals surface area contributed by atoms with Gasteiger partial charge in [0.2, 0.25) is 0 Å². The zero-order valence-electron chi connectivity index (χ0n) is 20.6. The number of carbonyl (C=O) groups excluding carboxylic acids is 1. The highest BCUT2D eigenvalue weighted by Gasteiger charge is 2.42. The maximum absolute atomic E-state index is 15.2. The summed E-state index contributed by atoms with van der Waals surface area (Å²) in [4.78, 5) is 13.4. The summed E-state index contributed by atoms with van der Waals surface area (Å²) in [7, 11) is -3.35. The van der Waals surface area contributed by atoms with Crippen LogP contribution in [-0.2, 0) is 20.7 Å². The van der Waals surface area contributed by atoms with E-state index in [1.54, 1.807) is 18.4 Å². The normalized spacial score (nSPS) is 13.3. The first-order chi connectivity index (χ1) is 17.5. The molecule has 36 heavy (non-hydrogen) atoms. The minimum Gasteiger partial charge on any atom is -0.467 e. The first kappa shape index (κ1) is 25.7. The molecule has 1 N–H and O–H groups in total. The molecule has 186 valence electrons. The molecule has 0 aliphatic heterocycles. The van der Waals surface area contributed by atoms with Gasteiger partial charge in [0.05, 0.1) is 6.26 Å². The van der Waals surface area contributed by atoms with E-state index in [-0.39, 0.29) is 18.5 Å². The highest BCUT2D eigenvalue weighted by Crippen LogP contribution is 2.56. The summed E-state index contributed by atoms with van der Waals surface area (Å²) in [6.45, 7) is 4.28. The Morgan fingerprint density at radius 1 is 0.833 bits per heavy atom. The lowest BCUT2D eigenvalue weighted by molar-refractivity contribution is -0.148. The number of nitrogens with one attached hydrogen (secondary N) is 1. The quantitative estimate of drug-likeness (QED) is 0.200. The van der Waals surface area contributed by atoms with Crippen LogP contribution in [0.25, 0.3) is 0 Å². The molecule has 0 aliphatic rings. The molecule has 6 heteroatoms. The molecule has 0 saturated carbocycles. The van der Waals surface area contributed by atoms with Gasteiger partial charge in [-0.25, -0.2) is 0 Å². The van der Waals surface area contributed by atoms with Crippen LogP contribution in [0.15, 0.2) is 114 Å². The van der Waals surface area contributed by atoms with Crippen LogP contribution in [0.3, 0.4) is 0 Å². The van der Waals surface area contributed by atoms with Gasteiger partial charge in [0.15, 0.2) is 7.14 Å². The van der Waals surface area contributed by atoms with Gasteiger partial charge in [-0.15, -0.1) is 0 Å². The standard InChI is InChI=1S/C30H32NO4P/c1-23(2)21-27(30(32)35-22-24-13-6-3-7-14-24)31-29(28-19-12-20-34-28)36(33,25-15-8-4-9-16-25)26-17-10-5-11-18-26/h3-20,23,27,29,31H,21-22H2,1-2H3/t27-,29?/m0/s1. The summed E-state index contributed by atoms with van der Waals surface area (Å²) in [5.41, 5.74) is 0.913. The molecule has 1 unspecified atom stereocenters. The Kier molecular flexibility index (Phi) is 8.58. The number of furan rings is 1. The Hall–Kier alpha value is -3.40. The lowest BCUT2D eigenvalue weighted by Crippen LogP contribution is -2.43. The minimum absolute atomic E-state index is 0.177. The van der Waals surface area contributed by atoms with Crippen LogP contribution < -0.4 is 15.9 Å². The van der Waals surface area contributed by atoms with Crippen molar-refractivity contribution in [2.45, 2.75) is 38.7 Å². The van der Waals surface area contributed by atoms with E-state index in [0.29, 0.717) is 22.8 Å². The predicted molar refractivity (Wildman–Crippen MR) is 144 cm³/mol. The first-order valence-corrected chi connectivity index (χ1v) is 14.0. The summed E-state index contributed by atoms with van der Waals surface area (Å²) in [6.07, 6.45) is 2.09. The van der Waals surface area contributed by atoms with Crippen molar-refractivity contribution in [1.82, 2.24) is 5.32 Å². The SMILES string of the molecule is CC(C)C[C@H](NC(c1ccco1)P(=O)(c1ccccc1)c1ccccc1)C(=O)OCc1ccccc1. The number of carbonyl (C=O) groups is 1. The van der Waals surface area contributed by atoms with E-state index in [0.717, 1.165) is 5.56 Å². The van der Waals surface area contributed by atoms with Crippen molar-refractivity contribution in [2.24, 2.45) is 5.92 Å². The van der Waals surface area contributed by atoms with Crippen LogP contribution in [0.2, 0.25) is 0 Å². The summed E-state index contributed by atoms with van der Waals surface area (Å²) >= 11 is 0. The van der Waals surface area contributed by atoms with Gasteiger partial charge in [-0.3, -0.25) is 10.1 Å². The molecule has 0 bridgehead atoms. The number of hydrogen-bond acceptors (Lipinski definition) is 5. The van der Waals surface area contributed by atoms with E-state index >= 15 is 4.57 Å². The van der Waals surface area contributed by atoms with Gasteiger partial charge in [0.25, 0.3) is 0 Å². The van der Waals surface area contributed by atoms with E-state index in [1.165, 1.54) is 0 Å². The highest BCUT2D eigenvalue weighted by atomic mass is 31.2. The Labute approximate surface area is 212 Å². The molecule has 0 fully saturated rings. The number of esters is 1. The maximum atomic E-state index is 15.2. The fraction of sp³-hybridized carbons (Fsp3) is 0.233. The van der Waals surface area contributed by atoms with Crippen molar-refractivity contribution in [3.05, 3.63) is 121 Å². The van der Waals surface area contributed by atoms with Crippen LogP contribution >= 0.6 is 7.14 Å². The van der Waals surface area contributed by atoms with Crippen LogP contribution in [0, 0.1) is 5.92 Å². The third-order valence-electron chi connectivity index (χ3n) is 6.03. The van der Waals surface area contributed by atoms with E-state index in [9.17, 15) is 4.79 Å². The van der Waals surface area contributed by atoms with Crippen molar-refractivity contribution in [3.63, 3.8) is 0 Å². The Morgan fingerprint density at radius 2 is 1.39 bits per heavy atom. The number of ether oxygens (including phenoxy) is 1. The molecule has 5 nitrogen and oxygen atoms in total. The van der Waals surface area contributed by atoms with Gasteiger partial charge in [-0.1, -0.05) is 105 Å². The zero-order valence-corrected chi connectivity index (χ0v) is 21.5. The van der Waals surface area contributed by atoms with Crippen molar-refractivity contribution in [3.8, 4) is 0 Å². The topological polar surface area (TPSA) is 68.5 Å². The monoisotopic (exact) mass is 501 g/mol. The maximum Gasteiger partial charge on any atom is 0.323 e. The molecule has 0 spiro atoms. The summed E-state index contributed by atoms with van der Waals surface area (Å²) in [5, 5.41) is 4.80. The van der Waals surface area contributed by atoms with Gasteiger partial charge in [0.1, 0.15) is 24.2 Å². The second-order valence-electron chi connectivity index (χ2n) is 9.19. The van der Waals surface area contributed by atoms with Crippen molar-refractivity contribution < 1.29 is 18.5 Å². The van der Waals surface area contributed by atoms with Crippen molar-refractivity contribution in [1.29, 1.82) is 0 Å². The summed E-state index contributed by atoms with van der Waals surface area (Å²) in [6, 6.07) is 31.3. The van der Waals surface area contributed by atoms with Crippen LogP contribution in [0.4, 0.5) is 0 Å². The largest absolute Gasteiger partial charge is 0.467 e. The lowest BCUT2D eigenvalue weighted by atomic mass is 10.0. The zero-order chi connectivity index (χ0) is 25.4. The van der Waals surface area contributed by atoms with Gasteiger partial charge >= 0.3 is 5.97 Å². The third kappa shape index (κ3) is 6.04. The van der Waals surface area contributed by atoms with Gasteiger partial charge in [-0.05, 0) is 30.0 Å². The average Bonchev–Trinajstić information content (AvgIpc) is 3.45. The minimum atomic E-state index is -3.35. The molecule has 4 aromatic rings. The van der Waals surface area contributed by atoms with Gasteiger partial charge in [-0.2, -0.15) is 0 Å². The van der Waals surface area contributed by atoms with Crippen LogP contribution in [-0.4, -0.2) is 12.0 Å². The van der Waals surface area contributed by atoms with E-state index < -0.39 is 19.0 Å². The second kappa shape index (κ2) is 12.0. The number of benzene rings is 3. The molecular weight excluding hydrogens is 469 g/mol. The third-order valence-corrected chi connectivity index (χ3v) is 9.29. The number of rotatable bonds is 11.